The third-order valence-electron chi connectivity index (χ3n) is 5.11. The molecule has 0 aliphatic carbocycles. The lowest BCUT2D eigenvalue weighted by molar-refractivity contribution is -0.141. The predicted molar refractivity (Wildman–Crippen MR) is 97.9 cm³/mol. The molecule has 0 bridgehead atoms. The van der Waals surface area contributed by atoms with E-state index in [1.54, 1.807) is 6.07 Å². The number of alkyl halides is 3. The highest BCUT2D eigenvalue weighted by Crippen LogP contribution is 2.42. The van der Waals surface area contributed by atoms with Crippen LogP contribution in [0.25, 0.3) is 0 Å². The maximum Gasteiger partial charge on any atom is 0.433 e. The molecule has 2 aromatic heterocycles. The van der Waals surface area contributed by atoms with Crippen LogP contribution in [0.1, 0.15) is 43.0 Å². The van der Waals surface area contributed by atoms with Gasteiger partial charge in [0.15, 0.2) is 5.03 Å². The lowest BCUT2D eigenvalue weighted by atomic mass is 9.94. The number of sulfone groups is 1. The Bertz CT molecular complexity index is 1010. The van der Waals surface area contributed by atoms with Crippen LogP contribution < -0.4 is 0 Å². The smallest absolute Gasteiger partial charge is 0.390 e. The summed E-state index contributed by atoms with van der Waals surface area (Å²) >= 11 is 0. The van der Waals surface area contributed by atoms with Crippen molar-refractivity contribution in [3.05, 3.63) is 41.3 Å². The molecule has 3 heterocycles. The van der Waals surface area contributed by atoms with E-state index in [1.807, 2.05) is 0 Å². The van der Waals surface area contributed by atoms with Gasteiger partial charge in [-0.15, -0.1) is 0 Å². The monoisotopic (exact) mass is 449 g/mol. The van der Waals surface area contributed by atoms with Crippen LogP contribution >= 0.6 is 0 Å². The van der Waals surface area contributed by atoms with E-state index in [-0.39, 0.29) is 32.8 Å². The molecule has 0 aromatic carbocycles. The second kappa shape index (κ2) is 8.25. The minimum atomic E-state index is -4.75. The first-order valence-corrected chi connectivity index (χ1v) is 10.6. The van der Waals surface area contributed by atoms with Gasteiger partial charge in [-0.25, -0.2) is 18.1 Å². The van der Waals surface area contributed by atoms with Gasteiger partial charge in [-0.1, -0.05) is 6.07 Å². The van der Waals surface area contributed by atoms with E-state index >= 15 is 0 Å². The van der Waals surface area contributed by atoms with Gasteiger partial charge < -0.3 is 14.6 Å². The third-order valence-corrected chi connectivity index (χ3v) is 7.56. The van der Waals surface area contributed by atoms with Crippen molar-refractivity contribution in [1.82, 2.24) is 14.8 Å². The van der Waals surface area contributed by atoms with Crippen LogP contribution in [0.15, 0.2) is 29.3 Å². The van der Waals surface area contributed by atoms with E-state index in [2.05, 4.69) is 10.1 Å². The summed E-state index contributed by atoms with van der Waals surface area (Å²) in [7, 11) is -2.75. The number of aromatic nitrogens is 3. The van der Waals surface area contributed by atoms with Gasteiger partial charge in [0.1, 0.15) is 18.5 Å². The standard InChI is InChI=1S/C18H22F3N3O5S/c1-17(30(26,27)16-5-3-4-15(22-16)18(19,20)21)6-7-29-14(9-17)13-8-12(10-25)23-24(13)11-28-2/h3-5,8,14,25H,6-7,9-11H2,1-2H3. The Labute approximate surface area is 171 Å². The molecule has 0 radical (unpaired) electrons. The Hall–Kier alpha value is -2.02. The van der Waals surface area contributed by atoms with E-state index in [1.165, 1.54) is 18.7 Å². The number of hydrogen-bond donors (Lipinski definition) is 1. The highest BCUT2D eigenvalue weighted by atomic mass is 32.2. The average Bonchev–Trinajstić information content (AvgIpc) is 3.11. The van der Waals surface area contributed by atoms with Gasteiger partial charge >= 0.3 is 6.18 Å². The number of hydrogen-bond acceptors (Lipinski definition) is 7. The SMILES string of the molecule is COCn1nc(CO)cc1C1CC(C)(S(=O)(=O)c2cccc(C(F)(F)F)n2)CCO1. The minimum absolute atomic E-state index is 0.0203. The molecule has 2 atom stereocenters. The molecule has 0 spiro atoms. The topological polar surface area (TPSA) is 104 Å². The van der Waals surface area contributed by atoms with Gasteiger partial charge in [-0.2, -0.15) is 18.3 Å². The van der Waals surface area contributed by atoms with E-state index in [0.717, 1.165) is 18.2 Å². The van der Waals surface area contributed by atoms with Crippen LogP contribution in [0.2, 0.25) is 0 Å². The number of rotatable bonds is 6. The molecule has 1 fully saturated rings. The predicted octanol–water partition coefficient (Wildman–Crippen LogP) is 2.48. The first-order chi connectivity index (χ1) is 14.0. The molecular formula is C18H22F3N3O5S. The first kappa shape index (κ1) is 22.7. The summed E-state index contributed by atoms with van der Waals surface area (Å²) in [5.41, 5.74) is -0.388. The number of aliphatic hydroxyl groups is 1. The molecule has 166 valence electrons. The van der Waals surface area contributed by atoms with Crippen LogP contribution in [0.5, 0.6) is 0 Å². The van der Waals surface area contributed by atoms with Crippen molar-refractivity contribution >= 4 is 9.84 Å². The number of pyridine rings is 1. The average molecular weight is 449 g/mol. The number of methoxy groups -OCH3 is 1. The molecule has 2 unspecified atom stereocenters. The Morgan fingerprint density at radius 2 is 2.13 bits per heavy atom. The zero-order chi connectivity index (χ0) is 22.2. The summed E-state index contributed by atoms with van der Waals surface area (Å²) in [6.07, 6.45) is -5.38. The number of nitrogens with zero attached hydrogens (tertiary/aromatic N) is 3. The molecule has 1 aliphatic rings. The molecule has 2 aromatic rings. The number of aliphatic hydroxyl groups excluding tert-OH is 1. The summed E-state index contributed by atoms with van der Waals surface area (Å²) in [6, 6.07) is 4.42. The third kappa shape index (κ3) is 4.22. The fraction of sp³-hybridized carbons (Fsp3) is 0.556. The van der Waals surface area contributed by atoms with Gasteiger partial charge in [0.25, 0.3) is 0 Å². The van der Waals surface area contributed by atoms with Crippen molar-refractivity contribution in [2.24, 2.45) is 0 Å². The van der Waals surface area contributed by atoms with Gasteiger partial charge in [-0.3, -0.25) is 0 Å². The fourth-order valence-corrected chi connectivity index (χ4v) is 5.13. The molecule has 1 aliphatic heterocycles. The molecule has 0 amide bonds. The van der Waals surface area contributed by atoms with Gasteiger partial charge in [0.2, 0.25) is 9.84 Å². The molecule has 3 rings (SSSR count). The highest BCUT2D eigenvalue weighted by Gasteiger charge is 2.47. The quantitative estimate of drug-likeness (QED) is 0.723. The Balaban J connectivity index is 1.96. The molecule has 30 heavy (non-hydrogen) atoms. The van der Waals surface area contributed by atoms with Gasteiger partial charge in [-0.05, 0) is 38.0 Å². The summed E-state index contributed by atoms with van der Waals surface area (Å²) in [5.74, 6) is 0. The van der Waals surface area contributed by atoms with Gasteiger partial charge in [0.05, 0.1) is 22.7 Å². The zero-order valence-corrected chi connectivity index (χ0v) is 17.2. The summed E-state index contributed by atoms with van der Waals surface area (Å²) in [4.78, 5) is 3.37. The van der Waals surface area contributed by atoms with Gasteiger partial charge in [0, 0.05) is 13.7 Å². The summed E-state index contributed by atoms with van der Waals surface area (Å²) in [5, 5.41) is 12.9. The van der Waals surface area contributed by atoms with Crippen LogP contribution in [0.4, 0.5) is 13.2 Å². The van der Waals surface area contributed by atoms with E-state index < -0.39 is 37.6 Å². The second-order valence-corrected chi connectivity index (χ2v) is 9.67. The second-order valence-electron chi connectivity index (χ2n) is 7.26. The molecular weight excluding hydrogens is 427 g/mol. The summed E-state index contributed by atoms with van der Waals surface area (Å²) in [6.45, 7) is 1.30. The maximum absolute atomic E-state index is 13.3. The van der Waals surface area contributed by atoms with E-state index in [9.17, 15) is 26.7 Å². The lowest BCUT2D eigenvalue weighted by Crippen LogP contribution is -2.43. The van der Waals surface area contributed by atoms with Crippen LogP contribution in [0, 0.1) is 0 Å². The zero-order valence-electron chi connectivity index (χ0n) is 16.4. The summed E-state index contributed by atoms with van der Waals surface area (Å²) < 4.78 is 76.4. The van der Waals surface area contributed by atoms with Crippen LogP contribution in [-0.2, 0) is 38.8 Å². The maximum atomic E-state index is 13.3. The minimum Gasteiger partial charge on any atom is -0.390 e. The Morgan fingerprint density at radius 1 is 1.40 bits per heavy atom. The molecule has 1 N–H and O–H groups in total. The van der Waals surface area contributed by atoms with Crippen molar-refractivity contribution in [2.45, 2.75) is 55.2 Å². The molecule has 8 nitrogen and oxygen atoms in total. The molecule has 0 saturated carbocycles. The van der Waals surface area contributed by atoms with Crippen molar-refractivity contribution in [3.8, 4) is 0 Å². The Morgan fingerprint density at radius 3 is 2.77 bits per heavy atom. The Kier molecular flexibility index (Phi) is 6.23. The van der Waals surface area contributed by atoms with Crippen molar-refractivity contribution in [1.29, 1.82) is 0 Å². The number of ether oxygens (including phenoxy) is 2. The van der Waals surface area contributed by atoms with Crippen molar-refractivity contribution < 1.29 is 36.2 Å². The van der Waals surface area contributed by atoms with E-state index in [4.69, 9.17) is 9.47 Å². The van der Waals surface area contributed by atoms with Crippen molar-refractivity contribution in [3.63, 3.8) is 0 Å². The van der Waals surface area contributed by atoms with Crippen molar-refractivity contribution in [2.75, 3.05) is 13.7 Å². The molecule has 12 heteroatoms. The largest absolute Gasteiger partial charge is 0.433 e. The highest BCUT2D eigenvalue weighted by molar-refractivity contribution is 7.92. The van der Waals surface area contributed by atoms with Crippen LogP contribution in [-0.4, -0.2) is 46.8 Å². The number of halogens is 3. The van der Waals surface area contributed by atoms with E-state index in [0.29, 0.717) is 11.4 Å². The molecule has 1 saturated heterocycles. The van der Waals surface area contributed by atoms with Crippen LogP contribution in [0.3, 0.4) is 0 Å². The fourth-order valence-electron chi connectivity index (χ4n) is 3.43. The lowest BCUT2D eigenvalue weighted by Gasteiger charge is -2.37. The first-order valence-electron chi connectivity index (χ1n) is 9.09. The normalized spacial score (nSPS) is 22.9.